The molecule has 160 valence electrons. The molecule has 0 amide bonds. The van der Waals surface area contributed by atoms with E-state index in [4.69, 9.17) is 0 Å². The maximum absolute atomic E-state index is 3.67. The molecule has 0 fully saturated rings. The zero-order valence-electron chi connectivity index (χ0n) is 16.4. The Labute approximate surface area is 181 Å². The van der Waals surface area contributed by atoms with Crippen LogP contribution in [0.3, 0.4) is 0 Å². The van der Waals surface area contributed by atoms with Gasteiger partial charge >= 0.3 is 0 Å². The molecule has 0 aromatic carbocycles. The molecule has 25 heavy (non-hydrogen) atoms. The van der Waals surface area contributed by atoms with E-state index in [9.17, 15) is 0 Å². The number of unbranched alkanes of at least 4 members (excludes halogenated alkanes) is 3. The van der Waals surface area contributed by atoms with Crippen LogP contribution >= 0.6 is 49.6 Å². The van der Waals surface area contributed by atoms with Crippen LogP contribution in [0.1, 0.15) is 65.7 Å². The zero-order valence-corrected chi connectivity index (χ0v) is 19.7. The molecule has 0 rings (SSSR count). The fourth-order valence-electron chi connectivity index (χ4n) is 2.38. The fraction of sp³-hybridized carbons (Fsp3) is 1.00. The molecule has 0 aliphatic carbocycles. The topological polar surface area (TPSA) is 48.1 Å². The largest absolute Gasteiger partial charge is 0.317 e. The van der Waals surface area contributed by atoms with Gasteiger partial charge < -0.3 is 21.3 Å². The first kappa shape index (κ1) is 36.8. The van der Waals surface area contributed by atoms with Crippen LogP contribution in [0, 0.1) is 0 Å². The molecule has 0 aliphatic heterocycles. The van der Waals surface area contributed by atoms with Crippen molar-refractivity contribution in [3.63, 3.8) is 0 Å². The van der Waals surface area contributed by atoms with E-state index in [2.05, 4.69) is 42.0 Å². The predicted octanol–water partition coefficient (Wildman–Crippen LogP) is 4.15. The maximum atomic E-state index is 3.67. The Morgan fingerprint density at radius 3 is 1.44 bits per heavy atom. The van der Waals surface area contributed by atoms with Crippen molar-refractivity contribution in [2.45, 2.75) is 71.9 Å². The van der Waals surface area contributed by atoms with Crippen LogP contribution < -0.4 is 21.3 Å². The first-order valence-corrected chi connectivity index (χ1v) is 9.23. The monoisotopic (exact) mass is 444 g/mol. The molecule has 0 radical (unpaired) electrons. The van der Waals surface area contributed by atoms with Gasteiger partial charge in [0.2, 0.25) is 0 Å². The van der Waals surface area contributed by atoms with Crippen LogP contribution in [0.15, 0.2) is 0 Å². The van der Waals surface area contributed by atoms with Crippen molar-refractivity contribution in [3.8, 4) is 0 Å². The molecule has 8 heteroatoms. The summed E-state index contributed by atoms with van der Waals surface area (Å²) in [6.07, 6.45) is 9.54. The van der Waals surface area contributed by atoms with Gasteiger partial charge in [-0.15, -0.1) is 49.6 Å². The van der Waals surface area contributed by atoms with Crippen molar-refractivity contribution in [1.82, 2.24) is 21.3 Å². The summed E-state index contributed by atoms with van der Waals surface area (Å²) in [6, 6.07) is 0. The highest BCUT2D eigenvalue weighted by Gasteiger charge is 2.06. The molecule has 0 aromatic rings. The summed E-state index contributed by atoms with van der Waals surface area (Å²) in [6.45, 7) is 13.2. The van der Waals surface area contributed by atoms with E-state index in [1.165, 1.54) is 44.9 Å². The summed E-state index contributed by atoms with van der Waals surface area (Å²) in [4.78, 5) is 0. The molecule has 0 unspecified atom stereocenters. The highest BCUT2D eigenvalue weighted by Crippen LogP contribution is 2.04. The van der Waals surface area contributed by atoms with Gasteiger partial charge in [-0.3, -0.25) is 0 Å². The molecule has 0 atom stereocenters. The van der Waals surface area contributed by atoms with Gasteiger partial charge in [0, 0.05) is 0 Å². The maximum Gasteiger partial charge on any atom is 0.0571 e. The first-order valence-electron chi connectivity index (χ1n) is 9.23. The standard InChI is InChI=1S/C17H40N4.4ClH/c1-4-7-8-9-12-17(20-15-10-13-18-5-2)21-16-11-14-19-6-3;;;;/h17-21H,4-16H2,1-3H3;4*1H. The van der Waals surface area contributed by atoms with Crippen LogP contribution in [-0.2, 0) is 0 Å². The lowest BCUT2D eigenvalue weighted by molar-refractivity contribution is 0.379. The molecule has 0 heterocycles. The fourth-order valence-corrected chi connectivity index (χ4v) is 2.38. The minimum atomic E-state index is 0. The van der Waals surface area contributed by atoms with E-state index in [1.54, 1.807) is 0 Å². The molecule has 0 saturated heterocycles. The summed E-state index contributed by atoms with van der Waals surface area (Å²) >= 11 is 0. The molecule has 0 bridgehead atoms. The van der Waals surface area contributed by atoms with Gasteiger partial charge in [0.1, 0.15) is 0 Å². The van der Waals surface area contributed by atoms with Crippen molar-refractivity contribution in [1.29, 1.82) is 0 Å². The highest BCUT2D eigenvalue weighted by molar-refractivity contribution is 5.86. The summed E-state index contributed by atoms with van der Waals surface area (Å²) in [7, 11) is 0. The first-order chi connectivity index (χ1) is 10.3. The predicted molar refractivity (Wildman–Crippen MR) is 124 cm³/mol. The average molecular weight is 446 g/mol. The molecule has 0 aliphatic rings. The smallest absolute Gasteiger partial charge is 0.0571 e. The Morgan fingerprint density at radius 1 is 0.560 bits per heavy atom. The third kappa shape index (κ3) is 30.0. The minimum absolute atomic E-state index is 0. The lowest BCUT2D eigenvalue weighted by Gasteiger charge is -2.20. The van der Waals surface area contributed by atoms with Gasteiger partial charge in [0.25, 0.3) is 0 Å². The van der Waals surface area contributed by atoms with E-state index in [-0.39, 0.29) is 49.6 Å². The van der Waals surface area contributed by atoms with Crippen molar-refractivity contribution in [2.75, 3.05) is 39.3 Å². The van der Waals surface area contributed by atoms with Crippen LogP contribution in [0.5, 0.6) is 0 Å². The molecule has 4 N–H and O–H groups in total. The summed E-state index contributed by atoms with van der Waals surface area (Å²) < 4.78 is 0. The van der Waals surface area contributed by atoms with E-state index in [0.717, 1.165) is 39.3 Å². The van der Waals surface area contributed by atoms with Crippen LogP contribution in [0.4, 0.5) is 0 Å². The number of hydrogen-bond donors (Lipinski definition) is 4. The second kappa shape index (κ2) is 32.7. The molecule has 4 nitrogen and oxygen atoms in total. The summed E-state index contributed by atoms with van der Waals surface area (Å²) in [5.41, 5.74) is 0. The third-order valence-electron chi connectivity index (χ3n) is 3.69. The second-order valence-corrected chi connectivity index (χ2v) is 5.72. The van der Waals surface area contributed by atoms with E-state index >= 15 is 0 Å². The molecule has 0 saturated carbocycles. The Morgan fingerprint density at radius 2 is 1.04 bits per heavy atom. The average Bonchev–Trinajstić information content (AvgIpc) is 2.50. The Hall–Kier alpha value is 1.00. The van der Waals surface area contributed by atoms with Crippen molar-refractivity contribution in [3.05, 3.63) is 0 Å². The number of hydrogen-bond acceptors (Lipinski definition) is 4. The summed E-state index contributed by atoms with van der Waals surface area (Å²) in [5, 5.41) is 14.1. The number of halogens is 4. The van der Waals surface area contributed by atoms with Crippen LogP contribution in [-0.4, -0.2) is 45.4 Å². The van der Waals surface area contributed by atoms with Gasteiger partial charge in [-0.25, -0.2) is 0 Å². The number of rotatable bonds is 17. The second-order valence-electron chi connectivity index (χ2n) is 5.72. The zero-order chi connectivity index (χ0) is 15.6. The lowest BCUT2D eigenvalue weighted by atomic mass is 10.1. The van der Waals surface area contributed by atoms with Crippen molar-refractivity contribution < 1.29 is 0 Å². The van der Waals surface area contributed by atoms with E-state index in [0.29, 0.717) is 6.17 Å². The van der Waals surface area contributed by atoms with Crippen LogP contribution in [0.2, 0.25) is 0 Å². The van der Waals surface area contributed by atoms with Gasteiger partial charge in [-0.05, 0) is 58.5 Å². The quantitative estimate of drug-likeness (QED) is 0.200. The van der Waals surface area contributed by atoms with Crippen LogP contribution in [0.25, 0.3) is 0 Å². The highest BCUT2D eigenvalue weighted by atomic mass is 35.5. The van der Waals surface area contributed by atoms with Gasteiger partial charge in [-0.1, -0.05) is 46.5 Å². The Balaban J connectivity index is -0.000000333. The Kier molecular flexibility index (Phi) is 48.1. The van der Waals surface area contributed by atoms with Crippen molar-refractivity contribution >= 4 is 49.6 Å². The lowest BCUT2D eigenvalue weighted by Crippen LogP contribution is -2.44. The Bertz CT molecular complexity index is 189. The molecular formula is C17H44Cl4N4. The van der Waals surface area contributed by atoms with Gasteiger partial charge in [-0.2, -0.15) is 0 Å². The normalized spacial score (nSPS) is 9.60. The number of nitrogens with one attached hydrogen (secondary N) is 4. The van der Waals surface area contributed by atoms with E-state index < -0.39 is 0 Å². The molecular weight excluding hydrogens is 402 g/mol. The van der Waals surface area contributed by atoms with E-state index in [1.807, 2.05) is 0 Å². The minimum Gasteiger partial charge on any atom is -0.317 e. The van der Waals surface area contributed by atoms with Gasteiger partial charge in [0.05, 0.1) is 6.17 Å². The third-order valence-corrected chi connectivity index (χ3v) is 3.69. The van der Waals surface area contributed by atoms with Gasteiger partial charge in [0.15, 0.2) is 0 Å². The summed E-state index contributed by atoms with van der Waals surface area (Å²) in [5.74, 6) is 0. The molecule has 0 aromatic heterocycles. The molecule has 0 spiro atoms. The SMILES string of the molecule is CCCCCCC(NCCCNCC)NCCCNCC.Cl.Cl.Cl.Cl. The van der Waals surface area contributed by atoms with Crippen molar-refractivity contribution in [2.24, 2.45) is 0 Å².